The molecule has 1 saturated heterocycles. The highest BCUT2D eigenvalue weighted by Crippen LogP contribution is 2.31. The molecule has 0 aromatic carbocycles. The lowest BCUT2D eigenvalue weighted by atomic mass is 10.0. The molecule has 0 spiro atoms. The van der Waals surface area contributed by atoms with Crippen molar-refractivity contribution in [1.29, 1.82) is 0 Å². The molecular formula is C13H18N6O3S. The number of likely N-dealkylation sites (tertiary alicyclic amines) is 1. The second-order valence-electron chi connectivity index (χ2n) is 5.53. The molecule has 1 fully saturated rings. The van der Waals surface area contributed by atoms with Gasteiger partial charge in [0.25, 0.3) is 5.89 Å². The number of aryl methyl sites for hydroxylation is 2. The van der Waals surface area contributed by atoms with E-state index in [1.165, 1.54) is 16.2 Å². The van der Waals surface area contributed by atoms with E-state index in [1.807, 2.05) is 0 Å². The number of hydrogen-bond acceptors (Lipinski definition) is 8. The van der Waals surface area contributed by atoms with Crippen molar-refractivity contribution in [3.05, 3.63) is 16.7 Å². The molecule has 1 aliphatic heterocycles. The third-order valence-corrected chi connectivity index (χ3v) is 4.50. The Kier molecular flexibility index (Phi) is 4.26. The summed E-state index contributed by atoms with van der Waals surface area (Å²) in [6, 6.07) is -0.323. The van der Waals surface area contributed by atoms with Gasteiger partial charge in [0.05, 0.1) is 6.54 Å². The van der Waals surface area contributed by atoms with Crippen molar-refractivity contribution < 1.29 is 14.4 Å². The number of urea groups is 1. The van der Waals surface area contributed by atoms with Crippen molar-refractivity contribution in [2.45, 2.75) is 38.7 Å². The predicted octanol–water partition coefficient (Wildman–Crippen LogP) is 1.31. The predicted molar refractivity (Wildman–Crippen MR) is 82.0 cm³/mol. The third-order valence-electron chi connectivity index (χ3n) is 3.61. The van der Waals surface area contributed by atoms with Gasteiger partial charge in [0.2, 0.25) is 5.13 Å². The Labute approximate surface area is 136 Å². The number of nitrogens with one attached hydrogen (secondary N) is 1. The Morgan fingerprint density at radius 1 is 1.52 bits per heavy atom. The van der Waals surface area contributed by atoms with Crippen LogP contribution in [0.25, 0.3) is 0 Å². The maximum absolute atomic E-state index is 12.3. The molecule has 2 aromatic heterocycles. The summed E-state index contributed by atoms with van der Waals surface area (Å²) >= 11 is 1.36. The lowest BCUT2D eigenvalue weighted by Gasteiger charge is -2.19. The minimum atomic E-state index is -1.30. The summed E-state index contributed by atoms with van der Waals surface area (Å²) < 4.78 is 5.04. The van der Waals surface area contributed by atoms with Gasteiger partial charge in [-0.25, -0.2) is 4.79 Å². The number of aliphatic hydroxyl groups is 1. The van der Waals surface area contributed by atoms with Crippen LogP contribution in [0.3, 0.4) is 0 Å². The Morgan fingerprint density at radius 3 is 3.04 bits per heavy atom. The molecule has 2 N–H and O–H groups in total. The van der Waals surface area contributed by atoms with Crippen LogP contribution in [0.2, 0.25) is 0 Å². The molecule has 3 rings (SSSR count). The summed E-state index contributed by atoms with van der Waals surface area (Å²) in [5.41, 5.74) is -1.30. The van der Waals surface area contributed by atoms with Gasteiger partial charge in [0, 0.05) is 19.4 Å². The minimum absolute atomic E-state index is 0.0983. The van der Waals surface area contributed by atoms with Crippen LogP contribution in [-0.4, -0.2) is 49.5 Å². The van der Waals surface area contributed by atoms with E-state index in [0.29, 0.717) is 23.9 Å². The molecule has 2 amide bonds. The summed E-state index contributed by atoms with van der Waals surface area (Å²) in [5.74, 6) is 0.597. The van der Waals surface area contributed by atoms with Crippen LogP contribution in [-0.2, 0) is 12.0 Å². The maximum atomic E-state index is 12.3. The van der Waals surface area contributed by atoms with Crippen molar-refractivity contribution in [3.63, 3.8) is 0 Å². The van der Waals surface area contributed by atoms with E-state index in [-0.39, 0.29) is 18.5 Å². The fraction of sp³-hybridized carbons (Fsp3) is 0.615. The van der Waals surface area contributed by atoms with Crippen molar-refractivity contribution in [2.75, 3.05) is 18.4 Å². The van der Waals surface area contributed by atoms with Crippen LogP contribution in [0, 0.1) is 6.92 Å². The number of β-amino-alcohol motifs (C(OH)–C–C–N with tert-alkyl or cyclic N) is 1. The van der Waals surface area contributed by atoms with Gasteiger partial charge in [0.1, 0.15) is 5.01 Å². The van der Waals surface area contributed by atoms with Crippen LogP contribution in [0.5, 0.6) is 0 Å². The van der Waals surface area contributed by atoms with E-state index in [1.54, 1.807) is 6.92 Å². The molecule has 0 radical (unpaired) electrons. The van der Waals surface area contributed by atoms with Gasteiger partial charge in [-0.05, 0) is 13.3 Å². The van der Waals surface area contributed by atoms with E-state index in [2.05, 4.69) is 32.6 Å². The van der Waals surface area contributed by atoms with Gasteiger partial charge < -0.3 is 14.5 Å². The van der Waals surface area contributed by atoms with Gasteiger partial charge in [0.15, 0.2) is 11.4 Å². The molecule has 0 saturated carbocycles. The third kappa shape index (κ3) is 3.32. The van der Waals surface area contributed by atoms with Crippen molar-refractivity contribution >= 4 is 22.5 Å². The molecule has 2 aromatic rings. The molecule has 3 heterocycles. The standard InChI is InChI=1S/C13H18N6O3S/c1-3-4-9-16-17-11(23-9)15-12(20)19-6-5-13(21,7-19)10-14-8(2)18-22-10/h21H,3-7H2,1-2H3,(H,15,17,20)/t13-/m0/s1. The maximum Gasteiger partial charge on any atom is 0.323 e. The number of carbonyl (C=O) groups excluding carboxylic acids is 1. The Hall–Kier alpha value is -2.07. The zero-order chi connectivity index (χ0) is 16.4. The van der Waals surface area contributed by atoms with E-state index in [0.717, 1.165) is 17.8 Å². The number of nitrogens with zero attached hydrogens (tertiary/aromatic N) is 5. The lowest BCUT2D eigenvalue weighted by molar-refractivity contribution is 0.0171. The van der Waals surface area contributed by atoms with Gasteiger partial charge in [-0.15, -0.1) is 10.2 Å². The number of anilines is 1. The van der Waals surface area contributed by atoms with Crippen LogP contribution >= 0.6 is 11.3 Å². The number of hydrogen-bond donors (Lipinski definition) is 2. The van der Waals surface area contributed by atoms with E-state index < -0.39 is 5.60 Å². The Morgan fingerprint density at radius 2 is 2.35 bits per heavy atom. The van der Waals surface area contributed by atoms with E-state index >= 15 is 0 Å². The van der Waals surface area contributed by atoms with Gasteiger partial charge in [-0.1, -0.05) is 23.4 Å². The highest BCUT2D eigenvalue weighted by molar-refractivity contribution is 7.15. The highest BCUT2D eigenvalue weighted by atomic mass is 32.1. The molecule has 0 bridgehead atoms. The smallest absolute Gasteiger partial charge is 0.323 e. The molecule has 9 nitrogen and oxygen atoms in total. The molecule has 124 valence electrons. The van der Waals surface area contributed by atoms with E-state index in [4.69, 9.17) is 4.52 Å². The highest BCUT2D eigenvalue weighted by Gasteiger charge is 2.44. The monoisotopic (exact) mass is 338 g/mol. The van der Waals surface area contributed by atoms with Gasteiger partial charge in [-0.2, -0.15) is 4.98 Å². The molecule has 0 aliphatic carbocycles. The number of carbonyl (C=O) groups is 1. The van der Waals surface area contributed by atoms with Crippen molar-refractivity contribution in [2.24, 2.45) is 0 Å². The molecular weight excluding hydrogens is 320 g/mol. The number of aromatic nitrogens is 4. The summed E-state index contributed by atoms with van der Waals surface area (Å²) in [5, 5.41) is 26.3. The average Bonchev–Trinajstić information content (AvgIpc) is 3.21. The van der Waals surface area contributed by atoms with E-state index in [9.17, 15) is 9.90 Å². The minimum Gasteiger partial charge on any atom is -0.378 e. The fourth-order valence-corrected chi connectivity index (χ4v) is 3.25. The quantitative estimate of drug-likeness (QED) is 0.863. The number of amides is 2. The summed E-state index contributed by atoms with van der Waals surface area (Å²) in [4.78, 5) is 17.8. The SMILES string of the molecule is CCCc1nnc(NC(=O)N2CC[C@@](O)(c3nc(C)no3)C2)s1. The first-order valence-corrected chi connectivity index (χ1v) is 8.23. The first kappa shape index (κ1) is 15.8. The van der Waals surface area contributed by atoms with Crippen LogP contribution < -0.4 is 5.32 Å². The van der Waals surface area contributed by atoms with Gasteiger partial charge in [-0.3, -0.25) is 5.32 Å². The summed E-state index contributed by atoms with van der Waals surface area (Å²) in [6.45, 7) is 4.23. The molecule has 10 heteroatoms. The average molecular weight is 338 g/mol. The first-order chi connectivity index (χ1) is 11.0. The fourth-order valence-electron chi connectivity index (χ4n) is 2.42. The molecule has 23 heavy (non-hydrogen) atoms. The van der Waals surface area contributed by atoms with Gasteiger partial charge >= 0.3 is 6.03 Å². The Balaban J connectivity index is 1.62. The summed E-state index contributed by atoms with van der Waals surface area (Å²) in [7, 11) is 0. The first-order valence-electron chi connectivity index (χ1n) is 7.41. The van der Waals surface area contributed by atoms with Crippen LogP contribution in [0.4, 0.5) is 9.93 Å². The molecule has 0 unspecified atom stereocenters. The van der Waals surface area contributed by atoms with Crippen LogP contribution in [0.1, 0.15) is 36.5 Å². The number of rotatable bonds is 4. The summed E-state index contributed by atoms with van der Waals surface area (Å²) in [6.07, 6.45) is 2.16. The van der Waals surface area contributed by atoms with Crippen molar-refractivity contribution in [3.8, 4) is 0 Å². The van der Waals surface area contributed by atoms with Crippen LogP contribution in [0.15, 0.2) is 4.52 Å². The zero-order valence-electron chi connectivity index (χ0n) is 12.9. The molecule has 1 aliphatic rings. The second-order valence-corrected chi connectivity index (χ2v) is 6.59. The Bertz CT molecular complexity index is 701. The zero-order valence-corrected chi connectivity index (χ0v) is 13.8. The molecule has 1 atom stereocenters. The van der Waals surface area contributed by atoms with Crippen molar-refractivity contribution in [1.82, 2.24) is 25.2 Å². The normalized spacial score (nSPS) is 20.9. The second kappa shape index (κ2) is 6.20. The lowest BCUT2D eigenvalue weighted by Crippen LogP contribution is -2.37. The largest absolute Gasteiger partial charge is 0.378 e. The topological polar surface area (TPSA) is 117 Å².